The molecule has 0 unspecified atom stereocenters. The Bertz CT molecular complexity index is 1060. The van der Waals surface area contributed by atoms with Crippen LogP contribution in [0.25, 0.3) is 10.7 Å². The molecule has 10 heteroatoms. The van der Waals surface area contributed by atoms with Crippen LogP contribution >= 0.6 is 11.3 Å². The number of carbonyl (C=O) groups excluding carboxylic acids is 1. The van der Waals surface area contributed by atoms with Crippen molar-refractivity contribution in [3.05, 3.63) is 34.3 Å². The molecule has 1 N–H and O–H groups in total. The number of amides is 1. The number of tetrazole rings is 1. The summed E-state index contributed by atoms with van der Waals surface area (Å²) in [4.78, 5) is 14.8. The summed E-state index contributed by atoms with van der Waals surface area (Å²) in [6.07, 6.45) is 2.09. The highest BCUT2D eigenvalue weighted by molar-refractivity contribution is 7.13. The maximum absolute atomic E-state index is 12.7. The molecule has 1 fully saturated rings. The van der Waals surface area contributed by atoms with Crippen LogP contribution in [-0.4, -0.2) is 43.4 Å². The van der Waals surface area contributed by atoms with Gasteiger partial charge in [-0.05, 0) is 48.9 Å². The van der Waals surface area contributed by atoms with Crippen molar-refractivity contribution in [3.63, 3.8) is 0 Å². The van der Waals surface area contributed by atoms with Crippen molar-refractivity contribution in [2.24, 2.45) is 0 Å². The highest BCUT2D eigenvalue weighted by Gasteiger charge is 2.24. The summed E-state index contributed by atoms with van der Waals surface area (Å²) in [5.74, 6) is 0.670. The number of anilines is 1. The largest absolute Gasteiger partial charge is 0.376 e. The van der Waals surface area contributed by atoms with Crippen LogP contribution in [0.15, 0.2) is 17.5 Å². The van der Waals surface area contributed by atoms with E-state index in [1.165, 1.54) is 16.1 Å². The molecule has 0 saturated carbocycles. The van der Waals surface area contributed by atoms with E-state index < -0.39 is 0 Å². The molecule has 3 aromatic rings. The molecule has 1 amide bonds. The van der Waals surface area contributed by atoms with Crippen molar-refractivity contribution < 1.29 is 9.53 Å². The number of ether oxygens (including phenoxy) is 1. The number of nitriles is 1. The lowest BCUT2D eigenvalue weighted by molar-refractivity contribution is -0.117. The normalized spacial score (nSPS) is 16.1. The van der Waals surface area contributed by atoms with Crippen LogP contribution in [0.4, 0.5) is 5.82 Å². The topological polar surface area (TPSA) is 111 Å². The van der Waals surface area contributed by atoms with Gasteiger partial charge in [0.05, 0.1) is 23.1 Å². The van der Waals surface area contributed by atoms with E-state index in [-0.39, 0.29) is 18.6 Å². The quantitative estimate of drug-likeness (QED) is 0.667. The summed E-state index contributed by atoms with van der Waals surface area (Å²) in [6.45, 7) is 5.11. The molecule has 150 valence electrons. The fourth-order valence-corrected chi connectivity index (χ4v) is 4.11. The number of aromatic nitrogens is 5. The lowest BCUT2D eigenvalue weighted by Gasteiger charge is -2.16. The Hall–Kier alpha value is -3.03. The Morgan fingerprint density at radius 3 is 3.03 bits per heavy atom. The van der Waals surface area contributed by atoms with Crippen LogP contribution in [0.3, 0.4) is 0 Å². The smallest absolute Gasteiger partial charge is 0.249 e. The zero-order valence-electron chi connectivity index (χ0n) is 16.3. The van der Waals surface area contributed by atoms with Gasteiger partial charge in [0.2, 0.25) is 11.7 Å². The SMILES string of the molecule is Cc1c(C#N)c(NC(=O)Cn2nnc(-c3cccs3)n2)n(C[C@H]2CCCO2)c1C. The number of nitrogens with zero attached hydrogens (tertiary/aromatic N) is 6. The lowest BCUT2D eigenvalue weighted by atomic mass is 10.2. The standard InChI is InChI=1S/C19H21N7O2S/c1-12-13(2)25(10-14-5-3-7-28-14)19(15(12)9-20)21-17(27)11-26-23-18(22-24-26)16-6-4-8-29-16/h4,6,8,14H,3,5,7,10-11H2,1-2H3,(H,21,27)/t14-/m1/s1. The molecule has 9 nitrogen and oxygen atoms in total. The minimum atomic E-state index is -0.317. The molecule has 4 heterocycles. The molecule has 29 heavy (non-hydrogen) atoms. The van der Waals surface area contributed by atoms with E-state index in [0.717, 1.165) is 35.6 Å². The van der Waals surface area contributed by atoms with Gasteiger partial charge in [-0.25, -0.2) is 0 Å². The number of thiophene rings is 1. The van der Waals surface area contributed by atoms with Crippen LogP contribution < -0.4 is 5.32 Å². The van der Waals surface area contributed by atoms with Gasteiger partial charge in [-0.15, -0.1) is 21.5 Å². The summed E-state index contributed by atoms with van der Waals surface area (Å²) >= 11 is 1.51. The molecule has 0 aromatic carbocycles. The lowest BCUT2D eigenvalue weighted by Crippen LogP contribution is -2.24. The summed E-state index contributed by atoms with van der Waals surface area (Å²) in [5, 5.41) is 26.6. The van der Waals surface area contributed by atoms with Gasteiger partial charge in [0, 0.05) is 12.3 Å². The molecule has 1 aliphatic heterocycles. The average Bonchev–Trinajstić information content (AvgIpc) is 3.48. The number of carbonyl (C=O) groups is 1. The predicted molar refractivity (Wildman–Crippen MR) is 107 cm³/mol. The van der Waals surface area contributed by atoms with E-state index in [2.05, 4.69) is 26.8 Å². The second kappa shape index (κ2) is 8.14. The monoisotopic (exact) mass is 411 g/mol. The fourth-order valence-electron chi connectivity index (χ4n) is 3.47. The zero-order chi connectivity index (χ0) is 20.4. The third kappa shape index (κ3) is 3.92. The first-order chi connectivity index (χ1) is 14.1. The second-order valence-electron chi connectivity index (χ2n) is 6.96. The van der Waals surface area contributed by atoms with Gasteiger partial charge in [0.1, 0.15) is 18.4 Å². The molecule has 0 aliphatic carbocycles. The van der Waals surface area contributed by atoms with Crippen LogP contribution in [0.2, 0.25) is 0 Å². The minimum absolute atomic E-state index is 0.0908. The van der Waals surface area contributed by atoms with Crippen molar-refractivity contribution in [3.8, 4) is 16.8 Å². The molecule has 1 atom stereocenters. The van der Waals surface area contributed by atoms with Crippen molar-refractivity contribution in [2.75, 3.05) is 11.9 Å². The van der Waals surface area contributed by atoms with Crippen LogP contribution in [-0.2, 0) is 22.6 Å². The third-order valence-electron chi connectivity index (χ3n) is 5.09. The molecular formula is C19H21N7O2S. The van der Waals surface area contributed by atoms with Crippen molar-refractivity contribution in [2.45, 2.75) is 45.9 Å². The summed E-state index contributed by atoms with van der Waals surface area (Å²) in [7, 11) is 0. The van der Waals surface area contributed by atoms with Gasteiger partial charge in [-0.1, -0.05) is 6.07 Å². The van der Waals surface area contributed by atoms with Crippen molar-refractivity contribution in [1.82, 2.24) is 24.8 Å². The fraction of sp³-hybridized carbons (Fsp3) is 0.421. The molecule has 1 aliphatic rings. The molecule has 1 saturated heterocycles. The number of hydrogen-bond acceptors (Lipinski definition) is 7. The Balaban J connectivity index is 1.52. The van der Waals surface area contributed by atoms with Crippen LogP contribution in [0, 0.1) is 25.2 Å². The third-order valence-corrected chi connectivity index (χ3v) is 5.95. The van der Waals surface area contributed by atoms with Crippen LogP contribution in [0.1, 0.15) is 29.7 Å². The Kier molecular flexibility index (Phi) is 5.42. The average molecular weight is 411 g/mol. The van der Waals surface area contributed by atoms with E-state index in [0.29, 0.717) is 23.8 Å². The molecule has 0 radical (unpaired) electrons. The molecule has 4 rings (SSSR count). The molecule has 0 spiro atoms. The number of rotatable bonds is 6. The van der Waals surface area contributed by atoms with Crippen LogP contribution in [0.5, 0.6) is 0 Å². The first kappa shape index (κ1) is 19.3. The van der Waals surface area contributed by atoms with Gasteiger partial charge < -0.3 is 14.6 Å². The number of hydrogen-bond donors (Lipinski definition) is 1. The van der Waals surface area contributed by atoms with E-state index in [4.69, 9.17) is 4.74 Å². The maximum Gasteiger partial charge on any atom is 0.249 e. The first-order valence-corrected chi connectivity index (χ1v) is 10.3. The van der Waals surface area contributed by atoms with Crippen molar-refractivity contribution in [1.29, 1.82) is 5.26 Å². The molecular weight excluding hydrogens is 390 g/mol. The summed E-state index contributed by atoms with van der Waals surface area (Å²) in [6, 6.07) is 6.02. The Labute approximate surface area is 171 Å². The number of nitrogens with one attached hydrogen (secondary N) is 1. The van der Waals surface area contributed by atoms with Gasteiger partial charge in [0.25, 0.3) is 0 Å². The maximum atomic E-state index is 12.7. The van der Waals surface area contributed by atoms with Gasteiger partial charge in [-0.3, -0.25) is 4.79 Å². The van der Waals surface area contributed by atoms with E-state index in [1.54, 1.807) is 0 Å². The van der Waals surface area contributed by atoms with Crippen molar-refractivity contribution >= 4 is 23.1 Å². The van der Waals surface area contributed by atoms with Gasteiger partial charge in [-0.2, -0.15) is 10.1 Å². The summed E-state index contributed by atoms with van der Waals surface area (Å²) < 4.78 is 7.71. The Morgan fingerprint density at radius 2 is 2.34 bits per heavy atom. The predicted octanol–water partition coefficient (Wildman–Crippen LogP) is 2.51. The minimum Gasteiger partial charge on any atom is -0.376 e. The second-order valence-corrected chi connectivity index (χ2v) is 7.91. The van der Waals surface area contributed by atoms with E-state index >= 15 is 0 Å². The van der Waals surface area contributed by atoms with E-state index in [9.17, 15) is 10.1 Å². The zero-order valence-corrected chi connectivity index (χ0v) is 17.1. The van der Waals surface area contributed by atoms with E-state index in [1.807, 2.05) is 35.9 Å². The first-order valence-electron chi connectivity index (χ1n) is 9.39. The molecule has 3 aromatic heterocycles. The Morgan fingerprint density at radius 1 is 1.48 bits per heavy atom. The van der Waals surface area contributed by atoms with Gasteiger partial charge >= 0.3 is 0 Å². The molecule has 0 bridgehead atoms. The summed E-state index contributed by atoms with van der Waals surface area (Å²) in [5.41, 5.74) is 2.28. The highest BCUT2D eigenvalue weighted by atomic mass is 32.1. The highest BCUT2D eigenvalue weighted by Crippen LogP contribution is 2.28. The van der Waals surface area contributed by atoms with Gasteiger partial charge in [0.15, 0.2) is 0 Å².